The van der Waals surface area contributed by atoms with E-state index in [1.807, 2.05) is 6.26 Å². The van der Waals surface area contributed by atoms with Crippen LogP contribution >= 0.6 is 11.8 Å². The van der Waals surface area contributed by atoms with Gasteiger partial charge < -0.3 is 15.5 Å². The Hall–Kier alpha value is -2.12. The number of rotatable bonds is 7. The van der Waals surface area contributed by atoms with Crippen LogP contribution in [-0.4, -0.2) is 29.7 Å². The summed E-state index contributed by atoms with van der Waals surface area (Å²) in [5, 5.41) is 3.08. The molecule has 0 aliphatic heterocycles. The molecule has 2 aromatic rings. The number of Topliss-reactive ketones (excluding diaryl/α,β-unsaturated/α-hetero) is 1. The monoisotopic (exact) mass is 348 g/mol. The number of hydrogen-bond donors (Lipinski definition) is 2. The Kier molecular flexibility index (Phi) is 6.16. The van der Waals surface area contributed by atoms with E-state index in [0.717, 1.165) is 5.75 Å². The van der Waals surface area contributed by atoms with Gasteiger partial charge in [-0.3, -0.25) is 9.59 Å². The van der Waals surface area contributed by atoms with Gasteiger partial charge in [0.15, 0.2) is 5.78 Å². The van der Waals surface area contributed by atoms with E-state index in [1.54, 1.807) is 36.0 Å². The molecule has 1 heterocycles. The van der Waals surface area contributed by atoms with Crippen molar-refractivity contribution in [3.05, 3.63) is 45.8 Å². The number of para-hydroxylation sites is 1. The average molecular weight is 348 g/mol. The van der Waals surface area contributed by atoms with Gasteiger partial charge in [0.05, 0.1) is 18.2 Å². The second-order valence-electron chi connectivity index (χ2n) is 5.40. The Morgan fingerprint density at radius 1 is 1.33 bits per heavy atom. The van der Waals surface area contributed by atoms with Gasteiger partial charge in [-0.25, -0.2) is 4.79 Å². The summed E-state index contributed by atoms with van der Waals surface area (Å²) in [6.07, 6.45) is 2.44. The van der Waals surface area contributed by atoms with E-state index < -0.39 is 11.7 Å². The van der Waals surface area contributed by atoms with Crippen LogP contribution in [0.5, 0.6) is 0 Å². The van der Waals surface area contributed by atoms with E-state index in [9.17, 15) is 14.4 Å². The Morgan fingerprint density at radius 3 is 2.71 bits per heavy atom. The molecule has 2 rings (SSSR count). The van der Waals surface area contributed by atoms with Crippen molar-refractivity contribution in [3.63, 3.8) is 0 Å². The highest BCUT2D eigenvalue weighted by Crippen LogP contribution is 2.22. The first-order valence-corrected chi connectivity index (χ1v) is 8.93. The fourth-order valence-electron chi connectivity index (χ4n) is 2.40. The number of benzene rings is 1. The molecule has 0 saturated heterocycles. The molecule has 0 aliphatic rings. The number of hydrogen-bond acceptors (Lipinski definition) is 6. The highest BCUT2D eigenvalue weighted by Gasteiger charge is 2.24. The van der Waals surface area contributed by atoms with Gasteiger partial charge in [-0.1, -0.05) is 18.2 Å². The van der Waals surface area contributed by atoms with Crippen molar-refractivity contribution in [2.75, 3.05) is 12.0 Å². The maximum absolute atomic E-state index is 12.9. The first-order valence-electron chi connectivity index (χ1n) is 7.53. The lowest BCUT2D eigenvalue weighted by molar-refractivity contribution is -0.119. The highest BCUT2D eigenvalue weighted by molar-refractivity contribution is 7.98. The van der Waals surface area contributed by atoms with Crippen molar-refractivity contribution in [3.8, 4) is 0 Å². The molecule has 0 fully saturated rings. The molecule has 128 valence electrons. The minimum Gasteiger partial charge on any atom is -0.422 e. The number of nitrogens with two attached hydrogens (primary N) is 1. The van der Waals surface area contributed by atoms with Gasteiger partial charge in [-0.05, 0) is 24.5 Å². The fraction of sp³-hybridized carbons (Fsp3) is 0.353. The Morgan fingerprint density at radius 2 is 2.04 bits per heavy atom. The van der Waals surface area contributed by atoms with Crippen molar-refractivity contribution in [2.45, 2.75) is 25.9 Å². The Labute approximate surface area is 143 Å². The minimum atomic E-state index is -0.710. The smallest absolute Gasteiger partial charge is 0.342 e. The summed E-state index contributed by atoms with van der Waals surface area (Å²) in [6, 6.07) is 6.11. The van der Waals surface area contributed by atoms with Crippen LogP contribution in [0.4, 0.5) is 0 Å². The zero-order chi connectivity index (χ0) is 17.7. The lowest BCUT2D eigenvalue weighted by Crippen LogP contribution is -2.34. The summed E-state index contributed by atoms with van der Waals surface area (Å²) in [5.41, 5.74) is 6.08. The lowest BCUT2D eigenvalue weighted by atomic mass is 9.95. The van der Waals surface area contributed by atoms with Crippen LogP contribution in [0.3, 0.4) is 0 Å². The van der Waals surface area contributed by atoms with E-state index in [-0.39, 0.29) is 29.4 Å². The van der Waals surface area contributed by atoms with Crippen LogP contribution in [-0.2, 0) is 11.3 Å². The van der Waals surface area contributed by atoms with E-state index in [2.05, 4.69) is 5.32 Å². The van der Waals surface area contributed by atoms with Gasteiger partial charge in [0.1, 0.15) is 5.58 Å². The van der Waals surface area contributed by atoms with Crippen molar-refractivity contribution in [2.24, 2.45) is 5.73 Å². The van der Waals surface area contributed by atoms with Crippen molar-refractivity contribution < 1.29 is 14.0 Å². The lowest BCUT2D eigenvalue weighted by Gasteiger charge is -2.15. The second-order valence-corrected chi connectivity index (χ2v) is 6.39. The second kappa shape index (κ2) is 8.12. The largest absolute Gasteiger partial charge is 0.422 e. The van der Waals surface area contributed by atoms with Crippen LogP contribution in [0, 0.1) is 0 Å². The maximum Gasteiger partial charge on any atom is 0.342 e. The predicted octanol–water partition coefficient (Wildman–Crippen LogP) is 1.69. The maximum atomic E-state index is 12.9. The van der Waals surface area contributed by atoms with Crippen LogP contribution in [0.15, 0.2) is 33.5 Å². The van der Waals surface area contributed by atoms with Gasteiger partial charge >= 0.3 is 5.63 Å². The summed E-state index contributed by atoms with van der Waals surface area (Å²) >= 11 is 1.60. The van der Waals surface area contributed by atoms with Crippen LogP contribution < -0.4 is 16.7 Å². The van der Waals surface area contributed by atoms with Gasteiger partial charge in [0, 0.05) is 17.9 Å². The number of ketones is 1. The summed E-state index contributed by atoms with van der Waals surface area (Å²) in [5.74, 6) is 0.133. The minimum absolute atomic E-state index is 0.0706. The van der Waals surface area contributed by atoms with Crippen molar-refractivity contribution in [1.82, 2.24) is 5.32 Å². The molecular formula is C17H20N2O4S. The number of carbonyl (C=O) groups excluding carboxylic acids is 2. The number of carbonyl (C=O) groups is 2. The quantitative estimate of drug-likeness (QED) is 0.583. The Bertz CT molecular complexity index is 816. The molecule has 1 aromatic heterocycles. The van der Waals surface area contributed by atoms with Crippen LogP contribution in [0.25, 0.3) is 11.0 Å². The first-order chi connectivity index (χ1) is 11.5. The highest BCUT2D eigenvalue weighted by atomic mass is 32.2. The molecule has 0 saturated carbocycles. The topological polar surface area (TPSA) is 102 Å². The molecule has 6 nitrogen and oxygen atoms in total. The first kappa shape index (κ1) is 18.2. The van der Waals surface area contributed by atoms with Crippen molar-refractivity contribution in [1.29, 1.82) is 0 Å². The van der Waals surface area contributed by atoms with E-state index in [0.29, 0.717) is 17.4 Å². The van der Waals surface area contributed by atoms with Gasteiger partial charge in [-0.15, -0.1) is 0 Å². The SMILES string of the molecule is CSCCC(N)C(=O)c1c(CNC(C)=O)c(=O)oc2ccccc12. The van der Waals surface area contributed by atoms with Crippen LogP contribution in [0.1, 0.15) is 29.3 Å². The number of fused-ring (bicyclic) bond motifs is 1. The summed E-state index contributed by atoms with van der Waals surface area (Å²) in [6.45, 7) is 1.27. The van der Waals surface area contributed by atoms with Gasteiger partial charge in [-0.2, -0.15) is 11.8 Å². The number of thioether (sulfide) groups is 1. The summed E-state index contributed by atoms with van der Waals surface area (Å²) in [7, 11) is 0. The summed E-state index contributed by atoms with van der Waals surface area (Å²) in [4.78, 5) is 36.3. The molecule has 24 heavy (non-hydrogen) atoms. The fourth-order valence-corrected chi connectivity index (χ4v) is 2.89. The predicted molar refractivity (Wildman–Crippen MR) is 95.3 cm³/mol. The molecule has 1 atom stereocenters. The molecule has 1 amide bonds. The third-order valence-corrected chi connectivity index (χ3v) is 4.28. The molecule has 0 bridgehead atoms. The molecule has 7 heteroatoms. The summed E-state index contributed by atoms with van der Waals surface area (Å²) < 4.78 is 5.27. The molecule has 0 aliphatic carbocycles. The van der Waals surface area contributed by atoms with Gasteiger partial charge in [0.2, 0.25) is 5.91 Å². The Balaban J connectivity index is 2.57. The van der Waals surface area contributed by atoms with Gasteiger partial charge in [0.25, 0.3) is 0 Å². The van der Waals surface area contributed by atoms with Crippen molar-refractivity contribution >= 4 is 34.4 Å². The molecule has 0 radical (unpaired) electrons. The molecule has 0 spiro atoms. The molecular weight excluding hydrogens is 328 g/mol. The molecule has 1 unspecified atom stereocenters. The third kappa shape index (κ3) is 4.04. The average Bonchev–Trinajstić information content (AvgIpc) is 2.56. The number of amides is 1. The van der Waals surface area contributed by atoms with E-state index in [4.69, 9.17) is 10.2 Å². The normalized spacial score (nSPS) is 12.1. The van der Waals surface area contributed by atoms with Crippen LogP contribution in [0.2, 0.25) is 0 Å². The zero-order valence-corrected chi connectivity index (χ0v) is 14.4. The van der Waals surface area contributed by atoms with E-state index in [1.165, 1.54) is 6.92 Å². The van der Waals surface area contributed by atoms with E-state index >= 15 is 0 Å². The molecule has 1 aromatic carbocycles. The number of nitrogens with one attached hydrogen (secondary N) is 1. The zero-order valence-electron chi connectivity index (χ0n) is 13.6. The third-order valence-electron chi connectivity index (χ3n) is 3.64. The standard InChI is InChI=1S/C17H20N2O4S/c1-10(20)19-9-12-15(16(21)13(18)7-8-24-2)11-5-3-4-6-14(11)23-17(12)22/h3-6,13H,7-9,18H2,1-2H3,(H,19,20). The molecule has 3 N–H and O–H groups in total.